The number of ether oxygens (including phenoxy) is 1. The van der Waals surface area contributed by atoms with Gasteiger partial charge in [0.25, 0.3) is 5.69 Å². The molecule has 0 bridgehead atoms. The lowest BCUT2D eigenvalue weighted by Gasteiger charge is -2.07. The van der Waals surface area contributed by atoms with E-state index in [0.717, 1.165) is 0 Å². The molecule has 8 heteroatoms. The lowest BCUT2D eigenvalue weighted by Crippen LogP contribution is -2.26. The van der Waals surface area contributed by atoms with Gasteiger partial charge in [0.1, 0.15) is 5.69 Å². The van der Waals surface area contributed by atoms with Gasteiger partial charge < -0.3 is 15.4 Å². The smallest absolute Gasteiger partial charge is 0.337 e. The van der Waals surface area contributed by atoms with E-state index in [1.165, 1.54) is 32.4 Å². The first kappa shape index (κ1) is 14.4. The van der Waals surface area contributed by atoms with E-state index in [2.05, 4.69) is 15.4 Å². The van der Waals surface area contributed by atoms with Crippen LogP contribution in [-0.4, -0.2) is 37.5 Å². The summed E-state index contributed by atoms with van der Waals surface area (Å²) in [7, 11) is 2.66. The van der Waals surface area contributed by atoms with Crippen LogP contribution in [0.25, 0.3) is 0 Å². The summed E-state index contributed by atoms with van der Waals surface area (Å²) in [6, 6.07) is 3.74. The van der Waals surface area contributed by atoms with E-state index in [9.17, 15) is 19.7 Å². The number of likely N-dealkylation sites (N-methyl/N-ethyl adjacent to an activating group) is 1. The number of hydrogen-bond acceptors (Lipinski definition) is 6. The molecular formula is C11H13N3O5. The standard InChI is InChI=1S/C11H13N3O5/c1-12-10(15)6-13-8-5-7(11(16)19-2)3-4-9(8)14(17)18/h3-5,13H,6H2,1-2H3,(H,12,15). The van der Waals surface area contributed by atoms with Gasteiger partial charge in [0.05, 0.1) is 24.1 Å². The fourth-order valence-electron chi connectivity index (χ4n) is 1.35. The Labute approximate surface area is 108 Å². The van der Waals surface area contributed by atoms with Gasteiger partial charge in [-0.2, -0.15) is 0 Å². The summed E-state index contributed by atoms with van der Waals surface area (Å²) < 4.78 is 4.52. The Bertz CT molecular complexity index is 515. The summed E-state index contributed by atoms with van der Waals surface area (Å²) in [5.74, 6) is -0.948. The molecule has 0 fully saturated rings. The van der Waals surface area contributed by atoms with Crippen LogP contribution in [0.1, 0.15) is 10.4 Å². The number of carbonyl (C=O) groups is 2. The zero-order chi connectivity index (χ0) is 14.4. The molecule has 1 aromatic rings. The van der Waals surface area contributed by atoms with Gasteiger partial charge in [-0.25, -0.2) is 4.79 Å². The van der Waals surface area contributed by atoms with Gasteiger partial charge in [-0.15, -0.1) is 0 Å². The van der Waals surface area contributed by atoms with E-state index in [1.807, 2.05) is 0 Å². The van der Waals surface area contributed by atoms with E-state index in [4.69, 9.17) is 0 Å². The zero-order valence-electron chi connectivity index (χ0n) is 10.4. The molecule has 1 amide bonds. The molecule has 0 aromatic heterocycles. The fraction of sp³-hybridized carbons (Fsp3) is 0.273. The minimum absolute atomic E-state index is 0.0801. The van der Waals surface area contributed by atoms with Crippen molar-refractivity contribution in [3.8, 4) is 0 Å². The molecule has 8 nitrogen and oxygen atoms in total. The number of nitrogens with one attached hydrogen (secondary N) is 2. The normalized spacial score (nSPS) is 9.58. The maximum atomic E-state index is 11.3. The first-order chi connectivity index (χ1) is 8.99. The third-order valence-corrected chi connectivity index (χ3v) is 2.33. The van der Waals surface area contributed by atoms with Crippen molar-refractivity contribution in [2.75, 3.05) is 26.0 Å². The van der Waals surface area contributed by atoms with Gasteiger partial charge in [0, 0.05) is 13.1 Å². The Balaban J connectivity index is 3.05. The first-order valence-electron chi connectivity index (χ1n) is 5.30. The van der Waals surface area contributed by atoms with Crippen LogP contribution in [0.3, 0.4) is 0 Å². The lowest BCUT2D eigenvalue weighted by molar-refractivity contribution is -0.383. The number of carbonyl (C=O) groups excluding carboxylic acids is 2. The highest BCUT2D eigenvalue weighted by molar-refractivity contribution is 5.92. The zero-order valence-corrected chi connectivity index (χ0v) is 10.4. The van der Waals surface area contributed by atoms with Crippen LogP contribution in [0.2, 0.25) is 0 Å². The Morgan fingerprint density at radius 1 is 1.42 bits per heavy atom. The molecule has 0 aliphatic carbocycles. The van der Waals surface area contributed by atoms with E-state index < -0.39 is 10.9 Å². The quantitative estimate of drug-likeness (QED) is 0.457. The molecule has 1 rings (SSSR count). The lowest BCUT2D eigenvalue weighted by atomic mass is 10.1. The minimum Gasteiger partial charge on any atom is -0.465 e. The van der Waals surface area contributed by atoms with Crippen molar-refractivity contribution in [3.63, 3.8) is 0 Å². The third-order valence-electron chi connectivity index (χ3n) is 2.33. The highest BCUT2D eigenvalue weighted by Crippen LogP contribution is 2.25. The second-order valence-corrected chi connectivity index (χ2v) is 3.51. The summed E-state index contributed by atoms with van der Waals surface area (Å²) in [6.07, 6.45) is 0. The van der Waals surface area contributed by atoms with Crippen LogP contribution in [0.4, 0.5) is 11.4 Å². The summed E-state index contributed by atoms with van der Waals surface area (Å²) in [5, 5.41) is 15.8. The van der Waals surface area contributed by atoms with E-state index in [0.29, 0.717) is 0 Å². The summed E-state index contributed by atoms with van der Waals surface area (Å²) in [4.78, 5) is 32.7. The molecule has 102 valence electrons. The van der Waals surface area contributed by atoms with E-state index in [-0.39, 0.29) is 29.4 Å². The van der Waals surface area contributed by atoms with Crippen LogP contribution < -0.4 is 10.6 Å². The van der Waals surface area contributed by atoms with E-state index in [1.54, 1.807) is 0 Å². The number of nitrogens with zero attached hydrogens (tertiary/aromatic N) is 1. The highest BCUT2D eigenvalue weighted by Gasteiger charge is 2.17. The van der Waals surface area contributed by atoms with Gasteiger partial charge in [-0.05, 0) is 12.1 Å². The second-order valence-electron chi connectivity index (χ2n) is 3.51. The number of esters is 1. The Kier molecular flexibility index (Phi) is 4.81. The molecule has 0 aliphatic rings. The molecule has 0 radical (unpaired) electrons. The van der Waals surface area contributed by atoms with Crippen LogP contribution in [-0.2, 0) is 9.53 Å². The van der Waals surface area contributed by atoms with Gasteiger partial charge >= 0.3 is 5.97 Å². The largest absolute Gasteiger partial charge is 0.465 e. The van der Waals surface area contributed by atoms with E-state index >= 15 is 0 Å². The predicted molar refractivity (Wildman–Crippen MR) is 67.0 cm³/mol. The second kappa shape index (κ2) is 6.34. The third kappa shape index (κ3) is 3.66. The van der Waals surface area contributed by atoms with Crippen molar-refractivity contribution in [1.29, 1.82) is 0 Å². The molecular weight excluding hydrogens is 254 g/mol. The Morgan fingerprint density at radius 3 is 2.63 bits per heavy atom. The van der Waals surface area contributed by atoms with Gasteiger partial charge in [-0.3, -0.25) is 14.9 Å². The first-order valence-corrected chi connectivity index (χ1v) is 5.30. The molecule has 0 saturated heterocycles. The number of anilines is 1. The minimum atomic E-state index is -0.613. The molecule has 0 spiro atoms. The Hall–Kier alpha value is -2.64. The summed E-state index contributed by atoms with van der Waals surface area (Å²) >= 11 is 0. The number of methoxy groups -OCH3 is 1. The van der Waals surface area contributed by atoms with Crippen LogP contribution >= 0.6 is 0 Å². The van der Waals surface area contributed by atoms with Gasteiger partial charge in [-0.1, -0.05) is 0 Å². The number of nitro benzene ring substituents is 1. The molecule has 1 aromatic carbocycles. The van der Waals surface area contributed by atoms with Gasteiger partial charge in [0.2, 0.25) is 5.91 Å². The topological polar surface area (TPSA) is 111 Å². The van der Waals surface area contributed by atoms with Gasteiger partial charge in [0.15, 0.2) is 0 Å². The highest BCUT2D eigenvalue weighted by atomic mass is 16.6. The molecule has 0 heterocycles. The molecule has 0 saturated carbocycles. The Morgan fingerprint density at radius 2 is 2.11 bits per heavy atom. The molecule has 2 N–H and O–H groups in total. The average Bonchev–Trinajstić information content (AvgIpc) is 2.43. The van der Waals surface area contributed by atoms with Crippen molar-refractivity contribution in [3.05, 3.63) is 33.9 Å². The van der Waals surface area contributed by atoms with Crippen LogP contribution in [0.5, 0.6) is 0 Å². The fourth-order valence-corrected chi connectivity index (χ4v) is 1.35. The number of benzene rings is 1. The number of nitro groups is 1. The maximum Gasteiger partial charge on any atom is 0.337 e. The number of rotatable bonds is 5. The molecule has 0 aliphatic heterocycles. The molecule has 19 heavy (non-hydrogen) atoms. The number of hydrogen-bond donors (Lipinski definition) is 2. The monoisotopic (exact) mass is 267 g/mol. The van der Waals surface area contributed by atoms with Crippen LogP contribution in [0, 0.1) is 10.1 Å². The van der Waals surface area contributed by atoms with Crippen molar-refractivity contribution < 1.29 is 19.2 Å². The summed E-state index contributed by atoms with van der Waals surface area (Å²) in [6.45, 7) is -0.137. The summed E-state index contributed by atoms with van der Waals surface area (Å²) in [5.41, 5.74) is 0.0144. The average molecular weight is 267 g/mol. The molecule has 0 unspecified atom stereocenters. The van der Waals surface area contributed by atoms with Crippen molar-refractivity contribution in [2.24, 2.45) is 0 Å². The molecule has 0 atom stereocenters. The van der Waals surface area contributed by atoms with Crippen molar-refractivity contribution in [1.82, 2.24) is 5.32 Å². The predicted octanol–water partition coefficient (Wildman–Crippen LogP) is 0.539. The van der Waals surface area contributed by atoms with Crippen molar-refractivity contribution >= 4 is 23.3 Å². The van der Waals surface area contributed by atoms with Crippen molar-refractivity contribution in [2.45, 2.75) is 0 Å². The SMILES string of the molecule is CNC(=O)CNc1cc(C(=O)OC)ccc1[N+](=O)[O-]. The number of amides is 1. The maximum absolute atomic E-state index is 11.3. The van der Waals surface area contributed by atoms with Crippen LogP contribution in [0.15, 0.2) is 18.2 Å².